The molecular weight excluding hydrogens is 335 g/mol. The summed E-state index contributed by atoms with van der Waals surface area (Å²) in [4.78, 5) is 12.4. The maximum Gasteiger partial charge on any atom is 0.176 e. The van der Waals surface area contributed by atoms with Gasteiger partial charge in [0, 0.05) is 11.1 Å². The van der Waals surface area contributed by atoms with E-state index in [2.05, 4.69) is 11.4 Å². The minimum absolute atomic E-state index is 0.0420. The number of carbonyl (C=O) groups is 1. The highest BCUT2D eigenvalue weighted by Crippen LogP contribution is 2.40. The van der Waals surface area contributed by atoms with Crippen LogP contribution in [0.25, 0.3) is 0 Å². The van der Waals surface area contributed by atoms with Crippen molar-refractivity contribution in [3.8, 4) is 11.8 Å². The number of carbonyl (C=O) groups excluding carboxylic acids is 1. The molecule has 5 nitrogen and oxygen atoms in total. The number of hydrogen-bond acceptors (Lipinski definition) is 5. The zero-order chi connectivity index (χ0) is 18.9. The maximum absolute atomic E-state index is 13.0. The number of halogens is 1. The van der Waals surface area contributed by atoms with Crippen LogP contribution in [-0.4, -0.2) is 29.1 Å². The topological polar surface area (TPSA) is 82.3 Å². The number of fused-ring (bicyclic) bond motifs is 1. The normalized spacial score (nSPS) is 20.6. The first kappa shape index (κ1) is 18.1. The van der Waals surface area contributed by atoms with Gasteiger partial charge in [0.1, 0.15) is 23.3 Å². The van der Waals surface area contributed by atoms with Crippen LogP contribution in [0, 0.1) is 17.1 Å². The number of rotatable bonds is 4. The lowest BCUT2D eigenvalue weighted by Gasteiger charge is -2.42. The number of hydrogen-bond donors (Lipinski definition) is 2. The Morgan fingerprint density at radius 2 is 2.00 bits per heavy atom. The second kappa shape index (κ2) is 6.87. The molecule has 2 aromatic carbocycles. The van der Waals surface area contributed by atoms with E-state index >= 15 is 0 Å². The van der Waals surface area contributed by atoms with Crippen molar-refractivity contribution in [3.63, 3.8) is 0 Å². The van der Waals surface area contributed by atoms with Crippen LogP contribution in [0.2, 0.25) is 0 Å². The van der Waals surface area contributed by atoms with Gasteiger partial charge in [0.25, 0.3) is 0 Å². The molecule has 2 atom stereocenters. The van der Waals surface area contributed by atoms with Crippen molar-refractivity contribution >= 4 is 5.78 Å². The molecule has 1 aliphatic rings. The number of benzene rings is 2. The first-order chi connectivity index (χ1) is 12.3. The number of ether oxygens (including phenoxy) is 1. The Hall–Kier alpha value is -2.75. The number of nitrogens with one attached hydrogen (secondary N) is 1. The van der Waals surface area contributed by atoms with E-state index in [-0.39, 0.29) is 12.3 Å². The molecule has 1 aliphatic heterocycles. The van der Waals surface area contributed by atoms with E-state index in [9.17, 15) is 14.3 Å². The van der Waals surface area contributed by atoms with Crippen molar-refractivity contribution < 1.29 is 19.0 Å². The van der Waals surface area contributed by atoms with Gasteiger partial charge in [0.15, 0.2) is 5.78 Å². The molecule has 26 heavy (non-hydrogen) atoms. The monoisotopic (exact) mass is 354 g/mol. The molecule has 0 saturated carbocycles. The molecule has 0 spiro atoms. The second-order valence-electron chi connectivity index (χ2n) is 6.80. The lowest BCUT2D eigenvalue weighted by molar-refractivity contribution is -0.0640. The average Bonchev–Trinajstić information content (AvgIpc) is 2.62. The molecule has 2 N–H and O–H groups in total. The van der Waals surface area contributed by atoms with Crippen LogP contribution in [0.5, 0.6) is 5.75 Å². The molecule has 0 bridgehead atoms. The third kappa shape index (κ3) is 3.45. The molecule has 2 unspecified atom stereocenters. The fraction of sp³-hybridized carbons (Fsp3) is 0.300. The van der Waals surface area contributed by atoms with E-state index in [0.717, 1.165) is 0 Å². The Morgan fingerprint density at radius 3 is 2.65 bits per heavy atom. The molecule has 0 aliphatic carbocycles. The molecule has 0 radical (unpaired) electrons. The minimum atomic E-state index is -0.926. The van der Waals surface area contributed by atoms with Gasteiger partial charge >= 0.3 is 0 Å². The molecule has 0 fully saturated rings. The third-order valence-electron chi connectivity index (χ3n) is 4.52. The molecular formula is C20H19FN2O3. The molecule has 2 aromatic rings. The van der Waals surface area contributed by atoms with Crippen molar-refractivity contribution in [1.82, 2.24) is 5.32 Å². The van der Waals surface area contributed by atoms with E-state index in [1.165, 1.54) is 24.3 Å². The van der Waals surface area contributed by atoms with Crippen LogP contribution >= 0.6 is 0 Å². The van der Waals surface area contributed by atoms with Crippen LogP contribution in [0.3, 0.4) is 0 Å². The zero-order valence-electron chi connectivity index (χ0n) is 14.5. The number of nitrogens with zero attached hydrogens (tertiary/aromatic N) is 1. The summed E-state index contributed by atoms with van der Waals surface area (Å²) in [5.74, 6) is -0.0698. The summed E-state index contributed by atoms with van der Waals surface area (Å²) in [7, 11) is 0. The van der Waals surface area contributed by atoms with Gasteiger partial charge in [0.05, 0.1) is 24.2 Å². The van der Waals surface area contributed by atoms with E-state index in [1.54, 1.807) is 32.0 Å². The van der Waals surface area contributed by atoms with Gasteiger partial charge < -0.3 is 15.2 Å². The number of aliphatic hydroxyl groups excluding tert-OH is 1. The van der Waals surface area contributed by atoms with Crippen LogP contribution in [0.1, 0.15) is 41.4 Å². The van der Waals surface area contributed by atoms with Gasteiger partial charge in [0.2, 0.25) is 0 Å². The Labute approximate surface area is 151 Å². The molecule has 0 amide bonds. The van der Waals surface area contributed by atoms with Crippen LogP contribution < -0.4 is 10.1 Å². The molecule has 0 saturated heterocycles. The summed E-state index contributed by atoms with van der Waals surface area (Å²) in [6.45, 7) is 3.48. The van der Waals surface area contributed by atoms with Crippen molar-refractivity contribution in [2.24, 2.45) is 0 Å². The number of nitriles is 1. The highest BCUT2D eigenvalue weighted by atomic mass is 19.1. The summed E-state index contributed by atoms with van der Waals surface area (Å²) < 4.78 is 18.8. The fourth-order valence-electron chi connectivity index (χ4n) is 3.03. The quantitative estimate of drug-likeness (QED) is 0.825. The smallest absolute Gasteiger partial charge is 0.176 e. The van der Waals surface area contributed by atoms with Crippen molar-refractivity contribution in [2.45, 2.75) is 31.6 Å². The van der Waals surface area contributed by atoms with Gasteiger partial charge in [-0.25, -0.2) is 4.39 Å². The lowest BCUT2D eigenvalue weighted by atomic mass is 9.86. The van der Waals surface area contributed by atoms with E-state index in [1.807, 2.05) is 0 Å². The Kier molecular flexibility index (Phi) is 4.77. The molecule has 3 rings (SSSR count). The third-order valence-corrected chi connectivity index (χ3v) is 4.52. The predicted molar refractivity (Wildman–Crippen MR) is 93.3 cm³/mol. The number of Topliss-reactive ketones (excluding diaryl/α,β-unsaturated/α-hetero) is 1. The molecule has 134 valence electrons. The van der Waals surface area contributed by atoms with E-state index in [4.69, 9.17) is 10.00 Å². The SMILES string of the molecule is CC1(C)Oc2ccc(C#N)cc2C(NCC(=O)c2ccc(F)cc2)C1O. The maximum atomic E-state index is 13.0. The Morgan fingerprint density at radius 1 is 1.31 bits per heavy atom. The molecule has 1 heterocycles. The minimum Gasteiger partial charge on any atom is -0.485 e. The molecule has 0 aromatic heterocycles. The lowest BCUT2D eigenvalue weighted by Crippen LogP contribution is -2.53. The van der Waals surface area contributed by atoms with E-state index in [0.29, 0.717) is 22.4 Å². The Balaban J connectivity index is 1.85. The summed E-state index contributed by atoms with van der Waals surface area (Å²) >= 11 is 0. The number of ketones is 1. The first-order valence-electron chi connectivity index (χ1n) is 8.25. The fourth-order valence-corrected chi connectivity index (χ4v) is 3.03. The van der Waals surface area contributed by atoms with Gasteiger partial charge in [-0.05, 0) is 56.3 Å². The van der Waals surface area contributed by atoms with E-state index < -0.39 is 23.6 Å². The van der Waals surface area contributed by atoms with Gasteiger partial charge in [-0.2, -0.15) is 5.26 Å². The summed E-state index contributed by atoms with van der Waals surface area (Å²) in [5, 5.41) is 22.9. The van der Waals surface area contributed by atoms with Gasteiger partial charge in [-0.15, -0.1) is 0 Å². The summed E-state index contributed by atoms with van der Waals surface area (Å²) in [6, 6.07) is 11.8. The van der Waals surface area contributed by atoms with Crippen LogP contribution in [-0.2, 0) is 0 Å². The van der Waals surface area contributed by atoms with Crippen molar-refractivity contribution in [2.75, 3.05) is 6.54 Å². The highest BCUT2D eigenvalue weighted by molar-refractivity contribution is 5.97. The van der Waals surface area contributed by atoms with Gasteiger partial charge in [-0.1, -0.05) is 0 Å². The first-order valence-corrected chi connectivity index (χ1v) is 8.25. The summed E-state index contributed by atoms with van der Waals surface area (Å²) in [5.41, 5.74) is 0.585. The second-order valence-corrected chi connectivity index (χ2v) is 6.80. The van der Waals surface area contributed by atoms with Crippen LogP contribution in [0.4, 0.5) is 4.39 Å². The summed E-state index contributed by atoms with van der Waals surface area (Å²) in [6.07, 6.45) is -0.926. The van der Waals surface area contributed by atoms with Crippen molar-refractivity contribution in [1.29, 1.82) is 5.26 Å². The van der Waals surface area contributed by atoms with Crippen molar-refractivity contribution in [3.05, 3.63) is 65.0 Å². The number of aliphatic hydroxyl groups is 1. The Bertz CT molecular complexity index is 872. The van der Waals surface area contributed by atoms with Crippen LogP contribution in [0.15, 0.2) is 42.5 Å². The highest BCUT2D eigenvalue weighted by Gasteiger charge is 2.42. The predicted octanol–water partition coefficient (Wildman–Crippen LogP) is 2.74. The molecule has 6 heteroatoms. The van der Waals surface area contributed by atoms with Gasteiger partial charge in [-0.3, -0.25) is 4.79 Å². The average molecular weight is 354 g/mol. The standard InChI is InChI=1S/C20H19FN2O3/c1-20(2)19(25)18(15-9-12(10-22)3-8-17(15)26-20)23-11-16(24)13-4-6-14(21)7-5-13/h3-9,18-19,23,25H,11H2,1-2H3. The largest absolute Gasteiger partial charge is 0.485 e. The zero-order valence-corrected chi connectivity index (χ0v) is 14.5.